The lowest BCUT2D eigenvalue weighted by atomic mass is 10.1. The van der Waals surface area contributed by atoms with Gasteiger partial charge in [-0.25, -0.2) is 0 Å². The average molecular weight is 298 g/mol. The monoisotopic (exact) mass is 298 g/mol. The van der Waals surface area contributed by atoms with Gasteiger partial charge in [0.1, 0.15) is 5.75 Å². The molecule has 1 heterocycles. The van der Waals surface area contributed by atoms with E-state index in [1.807, 2.05) is 12.1 Å². The molecule has 2 N–H and O–H groups in total. The molecule has 0 unspecified atom stereocenters. The second-order valence-corrected chi connectivity index (χ2v) is 4.89. The van der Waals surface area contributed by atoms with Crippen molar-refractivity contribution in [2.75, 3.05) is 6.54 Å². The first-order valence-electron chi connectivity index (χ1n) is 7.13. The van der Waals surface area contributed by atoms with Crippen molar-refractivity contribution in [2.45, 2.75) is 19.3 Å². The molecule has 0 fully saturated rings. The van der Waals surface area contributed by atoms with Crippen molar-refractivity contribution in [2.24, 2.45) is 0 Å². The number of phenols is 1. The van der Waals surface area contributed by atoms with Gasteiger partial charge in [0, 0.05) is 37.3 Å². The smallest absolute Gasteiger partial charge is 0.220 e. The number of nitrogens with zero attached hydrogens (tertiary/aromatic N) is 1. The number of rotatable bonds is 7. The number of phenolic OH excluding ortho intramolecular Hbond substituents is 1. The van der Waals surface area contributed by atoms with Gasteiger partial charge in [-0.3, -0.25) is 14.6 Å². The highest BCUT2D eigenvalue weighted by atomic mass is 16.3. The number of Topliss-reactive ketones (excluding diaryl/α,β-unsaturated/α-hetero) is 1. The van der Waals surface area contributed by atoms with Gasteiger partial charge in [-0.15, -0.1) is 0 Å². The third-order valence-electron chi connectivity index (χ3n) is 3.27. The Kier molecular flexibility index (Phi) is 5.65. The molecule has 5 nitrogen and oxygen atoms in total. The average Bonchev–Trinajstić information content (AvgIpc) is 2.55. The van der Waals surface area contributed by atoms with Crippen molar-refractivity contribution < 1.29 is 14.7 Å². The van der Waals surface area contributed by atoms with Gasteiger partial charge in [-0.05, 0) is 30.2 Å². The first-order valence-corrected chi connectivity index (χ1v) is 7.13. The van der Waals surface area contributed by atoms with Crippen molar-refractivity contribution >= 4 is 11.7 Å². The van der Waals surface area contributed by atoms with Crippen LogP contribution >= 0.6 is 0 Å². The number of aromatic nitrogens is 1. The molecular weight excluding hydrogens is 280 g/mol. The Balaban J connectivity index is 1.70. The predicted octanol–water partition coefficient (Wildman–Crippen LogP) is 2.11. The first kappa shape index (κ1) is 15.7. The Hall–Kier alpha value is -2.69. The van der Waals surface area contributed by atoms with E-state index in [1.54, 1.807) is 30.5 Å². The van der Waals surface area contributed by atoms with Crippen LogP contribution in [0.2, 0.25) is 0 Å². The highest BCUT2D eigenvalue weighted by Gasteiger charge is 2.09. The predicted molar refractivity (Wildman–Crippen MR) is 82.6 cm³/mol. The minimum atomic E-state index is -0.173. The molecule has 0 saturated carbocycles. The van der Waals surface area contributed by atoms with Crippen LogP contribution in [0.15, 0.2) is 48.8 Å². The molecule has 0 radical (unpaired) electrons. The van der Waals surface area contributed by atoms with Crippen LogP contribution in [0, 0.1) is 0 Å². The fourth-order valence-corrected chi connectivity index (χ4v) is 2.05. The van der Waals surface area contributed by atoms with Gasteiger partial charge in [-0.2, -0.15) is 0 Å². The highest BCUT2D eigenvalue weighted by Crippen LogP contribution is 2.15. The molecule has 1 amide bonds. The van der Waals surface area contributed by atoms with Gasteiger partial charge >= 0.3 is 0 Å². The molecule has 114 valence electrons. The molecule has 1 aromatic carbocycles. The number of benzene rings is 1. The zero-order valence-corrected chi connectivity index (χ0v) is 12.2. The minimum Gasteiger partial charge on any atom is -0.508 e. The Morgan fingerprint density at radius 1 is 1.09 bits per heavy atom. The van der Waals surface area contributed by atoms with Gasteiger partial charge in [-0.1, -0.05) is 18.2 Å². The molecule has 0 bridgehead atoms. The number of para-hydroxylation sites is 1. The number of ketones is 1. The number of carbonyl (C=O) groups is 2. The van der Waals surface area contributed by atoms with Gasteiger partial charge < -0.3 is 10.4 Å². The van der Waals surface area contributed by atoms with Crippen molar-refractivity contribution in [1.29, 1.82) is 0 Å². The van der Waals surface area contributed by atoms with Crippen LogP contribution in [-0.4, -0.2) is 28.3 Å². The minimum absolute atomic E-state index is 0.0936. The summed E-state index contributed by atoms with van der Waals surface area (Å²) in [5.74, 6) is -0.0416. The second-order valence-electron chi connectivity index (χ2n) is 4.89. The van der Waals surface area contributed by atoms with E-state index in [2.05, 4.69) is 10.3 Å². The zero-order chi connectivity index (χ0) is 15.8. The third kappa shape index (κ3) is 4.70. The van der Waals surface area contributed by atoms with E-state index in [9.17, 15) is 14.7 Å². The standard InChI is InChI=1S/C17H18N2O3/c20-15-6-2-1-4-13(15)9-11-19-17(22)8-7-16(21)14-5-3-10-18-12-14/h1-6,10,12,20H,7-9,11H2,(H,19,22). The molecule has 0 aliphatic carbocycles. The first-order chi connectivity index (χ1) is 10.7. The summed E-state index contributed by atoms with van der Waals surface area (Å²) in [6.07, 6.45) is 3.96. The quantitative estimate of drug-likeness (QED) is 0.767. The number of hydrogen-bond donors (Lipinski definition) is 2. The summed E-state index contributed by atoms with van der Waals surface area (Å²) in [6, 6.07) is 10.4. The lowest BCUT2D eigenvalue weighted by molar-refractivity contribution is -0.121. The van der Waals surface area contributed by atoms with E-state index in [0.29, 0.717) is 18.5 Å². The van der Waals surface area contributed by atoms with Crippen molar-refractivity contribution in [1.82, 2.24) is 10.3 Å². The number of hydrogen-bond acceptors (Lipinski definition) is 4. The number of aromatic hydroxyl groups is 1. The van der Waals surface area contributed by atoms with E-state index < -0.39 is 0 Å². The summed E-state index contributed by atoms with van der Waals surface area (Å²) in [7, 11) is 0. The second kappa shape index (κ2) is 7.93. The van der Waals surface area contributed by atoms with Crippen molar-refractivity contribution in [3.63, 3.8) is 0 Å². The summed E-state index contributed by atoms with van der Waals surface area (Å²) in [4.78, 5) is 27.4. The fraction of sp³-hybridized carbons (Fsp3) is 0.235. The van der Waals surface area contributed by atoms with Crippen LogP contribution in [0.4, 0.5) is 0 Å². The normalized spacial score (nSPS) is 10.2. The van der Waals surface area contributed by atoms with Crippen LogP contribution in [0.1, 0.15) is 28.8 Å². The molecule has 0 spiro atoms. The number of pyridine rings is 1. The Morgan fingerprint density at radius 3 is 2.64 bits per heavy atom. The largest absolute Gasteiger partial charge is 0.508 e. The van der Waals surface area contributed by atoms with E-state index in [1.165, 1.54) is 6.20 Å². The maximum atomic E-state index is 11.8. The maximum absolute atomic E-state index is 11.8. The van der Waals surface area contributed by atoms with Gasteiger partial charge in [0.05, 0.1) is 0 Å². The topological polar surface area (TPSA) is 79.3 Å². The molecule has 2 rings (SSSR count). The molecular formula is C17H18N2O3. The lowest BCUT2D eigenvalue weighted by Crippen LogP contribution is -2.26. The summed E-state index contributed by atoms with van der Waals surface area (Å²) in [5.41, 5.74) is 1.30. The molecule has 2 aromatic rings. The van der Waals surface area contributed by atoms with E-state index in [-0.39, 0.29) is 30.3 Å². The van der Waals surface area contributed by atoms with Crippen LogP contribution in [0.5, 0.6) is 5.75 Å². The van der Waals surface area contributed by atoms with Crippen LogP contribution in [0.25, 0.3) is 0 Å². The maximum Gasteiger partial charge on any atom is 0.220 e. The Labute approximate surface area is 129 Å². The van der Waals surface area contributed by atoms with E-state index >= 15 is 0 Å². The molecule has 0 aliphatic heterocycles. The van der Waals surface area contributed by atoms with E-state index in [4.69, 9.17) is 0 Å². The lowest BCUT2D eigenvalue weighted by Gasteiger charge is -2.06. The number of amides is 1. The van der Waals surface area contributed by atoms with Crippen LogP contribution < -0.4 is 5.32 Å². The number of carbonyl (C=O) groups excluding carboxylic acids is 2. The van der Waals surface area contributed by atoms with Gasteiger partial charge in [0.15, 0.2) is 5.78 Å². The molecule has 5 heteroatoms. The van der Waals surface area contributed by atoms with E-state index in [0.717, 1.165) is 5.56 Å². The summed E-state index contributed by atoms with van der Waals surface area (Å²) in [5, 5.41) is 12.4. The fourth-order valence-electron chi connectivity index (χ4n) is 2.05. The molecule has 0 saturated heterocycles. The molecule has 0 atom stereocenters. The van der Waals surface area contributed by atoms with Crippen LogP contribution in [0.3, 0.4) is 0 Å². The Morgan fingerprint density at radius 2 is 1.91 bits per heavy atom. The SMILES string of the molecule is O=C(CCC(=O)c1cccnc1)NCCc1ccccc1O. The van der Waals surface area contributed by atoms with Gasteiger partial charge in [0.25, 0.3) is 0 Å². The zero-order valence-electron chi connectivity index (χ0n) is 12.2. The summed E-state index contributed by atoms with van der Waals surface area (Å²) < 4.78 is 0. The summed E-state index contributed by atoms with van der Waals surface area (Å²) >= 11 is 0. The summed E-state index contributed by atoms with van der Waals surface area (Å²) in [6.45, 7) is 0.428. The number of nitrogens with one attached hydrogen (secondary N) is 1. The highest BCUT2D eigenvalue weighted by molar-refractivity contribution is 5.97. The third-order valence-corrected chi connectivity index (χ3v) is 3.27. The van der Waals surface area contributed by atoms with Crippen molar-refractivity contribution in [3.05, 3.63) is 59.9 Å². The molecule has 22 heavy (non-hydrogen) atoms. The Bertz CT molecular complexity index is 641. The van der Waals surface area contributed by atoms with Gasteiger partial charge in [0.2, 0.25) is 5.91 Å². The molecule has 1 aromatic heterocycles. The van der Waals surface area contributed by atoms with Crippen LogP contribution in [-0.2, 0) is 11.2 Å². The molecule has 0 aliphatic rings. The van der Waals surface area contributed by atoms with Crippen molar-refractivity contribution in [3.8, 4) is 5.75 Å².